The Kier molecular flexibility index (Phi) is 0.881. The van der Waals surface area contributed by atoms with E-state index in [1.165, 1.54) is 0 Å². The molecule has 1 unspecified atom stereocenters. The van der Waals surface area contributed by atoms with Gasteiger partial charge in [-0.25, -0.2) is 0 Å². The van der Waals surface area contributed by atoms with E-state index in [0.717, 1.165) is 12.9 Å². The highest BCUT2D eigenvalue weighted by molar-refractivity contribution is 5.50. The summed E-state index contributed by atoms with van der Waals surface area (Å²) in [6.07, 6.45) is 1.75. The lowest BCUT2D eigenvalue weighted by Crippen LogP contribution is -1.82. The Hall–Kier alpha value is -0.370. The van der Waals surface area contributed by atoms with Gasteiger partial charge < -0.3 is 9.53 Å². The highest BCUT2D eigenvalue weighted by Gasteiger charge is 2.20. The fourth-order valence-corrected chi connectivity index (χ4v) is 0.311. The predicted octanol–water partition coefficient (Wildman–Crippen LogP) is -0.0258. The molecule has 1 aliphatic rings. The Labute approximate surface area is 36.1 Å². The molecule has 0 aliphatic carbocycles. The van der Waals surface area contributed by atoms with Crippen LogP contribution in [0.3, 0.4) is 0 Å². The molecule has 2 nitrogen and oxygen atoms in total. The molecule has 0 amide bonds. The summed E-state index contributed by atoms with van der Waals surface area (Å²) in [5.41, 5.74) is 0. The number of carbonyl (C=O) groups excluding carboxylic acids is 1. The standard InChI is InChI=1S/C4H6O2/c5-2-1-4-3-6-4/h2,4H,1,3H2. The van der Waals surface area contributed by atoms with E-state index < -0.39 is 0 Å². The number of hydrogen-bond acceptors (Lipinski definition) is 2. The van der Waals surface area contributed by atoms with Gasteiger partial charge in [0, 0.05) is 6.42 Å². The van der Waals surface area contributed by atoms with Crippen LogP contribution >= 0.6 is 0 Å². The van der Waals surface area contributed by atoms with Crippen LogP contribution in [0, 0.1) is 0 Å². The molecule has 0 N–H and O–H groups in total. The van der Waals surface area contributed by atoms with Crippen LogP contribution < -0.4 is 0 Å². The fourth-order valence-electron chi connectivity index (χ4n) is 0.311. The minimum absolute atomic E-state index is 0.280. The number of ether oxygens (including phenoxy) is 1. The molecule has 0 spiro atoms. The van der Waals surface area contributed by atoms with Crippen molar-refractivity contribution in [2.45, 2.75) is 12.5 Å². The molecule has 1 rings (SSSR count). The highest BCUT2D eigenvalue weighted by atomic mass is 16.6. The average Bonchev–Trinajstić information content (AvgIpc) is 2.21. The van der Waals surface area contributed by atoms with E-state index in [0.29, 0.717) is 6.42 Å². The SMILES string of the molecule is O=CCC1CO1. The quantitative estimate of drug-likeness (QED) is 0.349. The second kappa shape index (κ2) is 1.39. The summed E-state index contributed by atoms with van der Waals surface area (Å²) in [4.78, 5) is 9.58. The van der Waals surface area contributed by atoms with Gasteiger partial charge in [0.1, 0.15) is 6.29 Å². The number of rotatable bonds is 2. The van der Waals surface area contributed by atoms with Crippen LogP contribution in [-0.4, -0.2) is 19.0 Å². The Morgan fingerprint density at radius 1 is 2.00 bits per heavy atom. The minimum atomic E-state index is 0.280. The maximum Gasteiger partial charge on any atom is 0.122 e. The van der Waals surface area contributed by atoms with Crippen molar-refractivity contribution in [2.75, 3.05) is 6.61 Å². The molecular formula is C4H6O2. The van der Waals surface area contributed by atoms with Crippen LogP contribution in [0.25, 0.3) is 0 Å². The lowest BCUT2D eigenvalue weighted by atomic mass is 10.4. The summed E-state index contributed by atoms with van der Waals surface area (Å²) in [5, 5.41) is 0. The topological polar surface area (TPSA) is 29.6 Å². The smallest absolute Gasteiger partial charge is 0.122 e. The van der Waals surface area contributed by atoms with Gasteiger partial charge in [-0.2, -0.15) is 0 Å². The first-order chi connectivity index (χ1) is 2.93. The Bertz CT molecular complexity index is 56.6. The number of hydrogen-bond donors (Lipinski definition) is 0. The predicted molar refractivity (Wildman–Crippen MR) is 20.4 cm³/mol. The van der Waals surface area contributed by atoms with Gasteiger partial charge in [-0.3, -0.25) is 0 Å². The maximum absolute atomic E-state index is 9.58. The van der Waals surface area contributed by atoms with Gasteiger partial charge in [0.2, 0.25) is 0 Å². The van der Waals surface area contributed by atoms with E-state index in [1.807, 2.05) is 0 Å². The average molecular weight is 86.1 g/mol. The maximum atomic E-state index is 9.58. The van der Waals surface area contributed by atoms with Crippen LogP contribution in [-0.2, 0) is 9.53 Å². The van der Waals surface area contributed by atoms with Crippen LogP contribution in [0.2, 0.25) is 0 Å². The first-order valence-corrected chi connectivity index (χ1v) is 1.98. The number of aldehydes is 1. The molecule has 0 saturated carbocycles. The molecule has 1 atom stereocenters. The summed E-state index contributed by atoms with van der Waals surface area (Å²) in [7, 11) is 0. The van der Waals surface area contributed by atoms with Crippen molar-refractivity contribution in [3.8, 4) is 0 Å². The minimum Gasteiger partial charge on any atom is -0.373 e. The molecule has 34 valence electrons. The van der Waals surface area contributed by atoms with Crippen molar-refractivity contribution in [3.05, 3.63) is 0 Å². The molecule has 1 aliphatic heterocycles. The van der Waals surface area contributed by atoms with Crippen molar-refractivity contribution in [1.29, 1.82) is 0 Å². The fraction of sp³-hybridized carbons (Fsp3) is 0.750. The largest absolute Gasteiger partial charge is 0.373 e. The van der Waals surface area contributed by atoms with Gasteiger partial charge in [-0.05, 0) is 0 Å². The molecular weight excluding hydrogens is 80.0 g/mol. The summed E-state index contributed by atoms with van der Waals surface area (Å²) in [6, 6.07) is 0. The van der Waals surface area contributed by atoms with E-state index in [2.05, 4.69) is 0 Å². The van der Waals surface area contributed by atoms with Gasteiger partial charge in [0.05, 0.1) is 12.7 Å². The lowest BCUT2D eigenvalue weighted by Gasteiger charge is -1.69. The van der Waals surface area contributed by atoms with E-state index in [1.54, 1.807) is 0 Å². The van der Waals surface area contributed by atoms with Crippen molar-refractivity contribution >= 4 is 6.29 Å². The van der Waals surface area contributed by atoms with Gasteiger partial charge >= 0.3 is 0 Å². The van der Waals surface area contributed by atoms with Crippen LogP contribution in [0.1, 0.15) is 6.42 Å². The van der Waals surface area contributed by atoms with E-state index in [9.17, 15) is 4.79 Å². The second-order valence-electron chi connectivity index (χ2n) is 1.36. The van der Waals surface area contributed by atoms with E-state index in [4.69, 9.17) is 4.74 Å². The summed E-state index contributed by atoms with van der Waals surface area (Å²) >= 11 is 0. The van der Waals surface area contributed by atoms with Gasteiger partial charge in [-0.15, -0.1) is 0 Å². The van der Waals surface area contributed by atoms with Gasteiger partial charge in [-0.1, -0.05) is 0 Å². The van der Waals surface area contributed by atoms with Gasteiger partial charge in [0.25, 0.3) is 0 Å². The molecule has 1 fully saturated rings. The first kappa shape index (κ1) is 3.81. The third kappa shape index (κ3) is 0.792. The summed E-state index contributed by atoms with van der Waals surface area (Å²) in [5.74, 6) is 0. The molecule has 0 radical (unpaired) electrons. The number of carbonyl (C=O) groups is 1. The molecule has 6 heavy (non-hydrogen) atoms. The molecule has 0 aromatic heterocycles. The van der Waals surface area contributed by atoms with Gasteiger partial charge in [0.15, 0.2) is 0 Å². The zero-order valence-corrected chi connectivity index (χ0v) is 3.39. The summed E-state index contributed by atoms with van der Waals surface area (Å²) in [6.45, 7) is 0.790. The normalized spacial score (nSPS) is 29.7. The first-order valence-electron chi connectivity index (χ1n) is 1.98. The number of epoxide rings is 1. The molecule has 1 heterocycles. The van der Waals surface area contributed by atoms with Crippen LogP contribution in [0.5, 0.6) is 0 Å². The molecule has 2 heteroatoms. The summed E-state index contributed by atoms with van der Waals surface area (Å²) < 4.78 is 4.72. The molecule has 0 bridgehead atoms. The molecule has 0 aromatic carbocycles. The molecule has 1 saturated heterocycles. The monoisotopic (exact) mass is 86.0 g/mol. The van der Waals surface area contributed by atoms with Crippen molar-refractivity contribution < 1.29 is 9.53 Å². The Morgan fingerprint density at radius 3 is 2.83 bits per heavy atom. The van der Waals surface area contributed by atoms with Crippen molar-refractivity contribution in [3.63, 3.8) is 0 Å². The van der Waals surface area contributed by atoms with Crippen LogP contribution in [0.4, 0.5) is 0 Å². The van der Waals surface area contributed by atoms with Crippen molar-refractivity contribution in [1.82, 2.24) is 0 Å². The zero-order valence-electron chi connectivity index (χ0n) is 3.39. The second-order valence-corrected chi connectivity index (χ2v) is 1.36. The van der Waals surface area contributed by atoms with E-state index in [-0.39, 0.29) is 6.10 Å². The zero-order chi connectivity index (χ0) is 4.41. The lowest BCUT2D eigenvalue weighted by molar-refractivity contribution is -0.108. The Balaban J connectivity index is 2.00. The van der Waals surface area contributed by atoms with E-state index >= 15 is 0 Å². The van der Waals surface area contributed by atoms with Crippen LogP contribution in [0.15, 0.2) is 0 Å². The molecule has 0 aromatic rings. The highest BCUT2D eigenvalue weighted by Crippen LogP contribution is 2.10. The third-order valence-electron chi connectivity index (χ3n) is 0.761. The third-order valence-corrected chi connectivity index (χ3v) is 0.761. The van der Waals surface area contributed by atoms with Crippen molar-refractivity contribution in [2.24, 2.45) is 0 Å². The Morgan fingerprint density at radius 2 is 2.67 bits per heavy atom.